The van der Waals surface area contributed by atoms with E-state index in [1.807, 2.05) is 25.1 Å². The normalized spacial score (nSPS) is 12.0. The Balaban J connectivity index is 1.97. The van der Waals surface area contributed by atoms with E-state index in [2.05, 4.69) is 10.3 Å². The van der Waals surface area contributed by atoms with Crippen molar-refractivity contribution >= 4 is 28.8 Å². The molecule has 0 aliphatic carbocycles. The molecule has 0 aliphatic heterocycles. The summed E-state index contributed by atoms with van der Waals surface area (Å²) in [6, 6.07) is 8.57. The maximum Gasteiger partial charge on any atom is 0.417 e. The van der Waals surface area contributed by atoms with E-state index in [9.17, 15) is 18.0 Å². The van der Waals surface area contributed by atoms with Crippen molar-refractivity contribution in [3.05, 3.63) is 64.6 Å². The molecule has 9 heteroatoms. The van der Waals surface area contributed by atoms with Crippen molar-refractivity contribution in [2.24, 2.45) is 0 Å². The van der Waals surface area contributed by atoms with Crippen LogP contribution in [0.5, 0.6) is 0 Å². The van der Waals surface area contributed by atoms with Crippen LogP contribution in [0.4, 0.5) is 18.9 Å². The summed E-state index contributed by atoms with van der Waals surface area (Å²) in [5.41, 5.74) is 0.346. The molecule has 2 aromatic heterocycles. The molecule has 0 radical (unpaired) electrons. The van der Waals surface area contributed by atoms with Crippen LogP contribution in [0.2, 0.25) is 5.02 Å². The van der Waals surface area contributed by atoms with Crippen LogP contribution in [-0.2, 0) is 12.7 Å². The lowest BCUT2D eigenvalue weighted by Gasteiger charge is -2.13. The number of amides is 1. The molecule has 1 aromatic carbocycles. The average molecular weight is 397 g/mol. The van der Waals surface area contributed by atoms with E-state index in [4.69, 9.17) is 11.6 Å². The molecular weight excluding hydrogens is 381 g/mol. The first-order chi connectivity index (χ1) is 12.7. The molecule has 0 unspecified atom stereocenters. The Morgan fingerprint density at radius 1 is 1.26 bits per heavy atom. The molecule has 0 aliphatic rings. The zero-order valence-electron chi connectivity index (χ0n) is 14.5. The molecular formula is C18H16ClF3N4O. The molecule has 142 valence electrons. The van der Waals surface area contributed by atoms with Gasteiger partial charge in [0, 0.05) is 18.4 Å². The van der Waals surface area contributed by atoms with Crippen molar-refractivity contribution < 1.29 is 18.0 Å². The van der Waals surface area contributed by atoms with Gasteiger partial charge in [0.2, 0.25) is 0 Å². The first kappa shape index (κ1) is 19.2. The third-order valence-corrected chi connectivity index (χ3v) is 4.17. The molecule has 0 saturated carbocycles. The highest BCUT2D eigenvalue weighted by molar-refractivity contribution is 6.31. The third kappa shape index (κ3) is 4.06. The van der Waals surface area contributed by atoms with Gasteiger partial charge in [0.1, 0.15) is 5.65 Å². The Morgan fingerprint density at radius 2 is 2.00 bits per heavy atom. The van der Waals surface area contributed by atoms with Gasteiger partial charge in [0.05, 0.1) is 16.3 Å². The standard InChI is InChI=1S/C18H16ClF3N4O/c1-25(2)10-14-16(24-15-5-3-4-8-26(14)15)17(27)23-11-6-7-13(19)12(9-11)18(20,21)22/h3-9H,10H2,1-2H3,(H,23,27). The first-order valence-corrected chi connectivity index (χ1v) is 8.33. The molecule has 1 amide bonds. The highest BCUT2D eigenvalue weighted by Gasteiger charge is 2.33. The van der Waals surface area contributed by atoms with Gasteiger partial charge in [-0.3, -0.25) is 4.79 Å². The summed E-state index contributed by atoms with van der Waals surface area (Å²) in [6.45, 7) is 0.433. The molecule has 0 saturated heterocycles. The van der Waals surface area contributed by atoms with Gasteiger partial charge in [0.15, 0.2) is 5.69 Å². The number of rotatable bonds is 4. The van der Waals surface area contributed by atoms with E-state index in [1.54, 1.807) is 22.7 Å². The van der Waals surface area contributed by atoms with Crippen LogP contribution in [-0.4, -0.2) is 34.3 Å². The molecule has 3 rings (SSSR count). The van der Waals surface area contributed by atoms with E-state index < -0.39 is 22.7 Å². The lowest BCUT2D eigenvalue weighted by atomic mass is 10.2. The second-order valence-electron chi connectivity index (χ2n) is 6.22. The van der Waals surface area contributed by atoms with Crippen molar-refractivity contribution in [1.29, 1.82) is 0 Å². The topological polar surface area (TPSA) is 49.6 Å². The largest absolute Gasteiger partial charge is 0.417 e. The number of hydrogen-bond acceptors (Lipinski definition) is 3. The summed E-state index contributed by atoms with van der Waals surface area (Å²) in [5, 5.41) is 2.05. The van der Waals surface area contributed by atoms with Crippen LogP contribution in [0.25, 0.3) is 5.65 Å². The second-order valence-corrected chi connectivity index (χ2v) is 6.63. The van der Waals surface area contributed by atoms with Gasteiger partial charge < -0.3 is 14.6 Å². The number of hydrogen-bond donors (Lipinski definition) is 1. The van der Waals surface area contributed by atoms with Gasteiger partial charge >= 0.3 is 6.18 Å². The smallest absolute Gasteiger partial charge is 0.321 e. The minimum absolute atomic E-state index is 0.00964. The van der Waals surface area contributed by atoms with Crippen LogP contribution < -0.4 is 5.32 Å². The van der Waals surface area contributed by atoms with E-state index in [0.717, 1.165) is 12.1 Å². The van der Waals surface area contributed by atoms with Crippen molar-refractivity contribution in [2.45, 2.75) is 12.7 Å². The molecule has 3 aromatic rings. The fourth-order valence-electron chi connectivity index (χ4n) is 2.69. The quantitative estimate of drug-likeness (QED) is 0.714. The van der Waals surface area contributed by atoms with Gasteiger partial charge in [-0.1, -0.05) is 17.7 Å². The summed E-state index contributed by atoms with van der Waals surface area (Å²) in [4.78, 5) is 18.9. The highest BCUT2D eigenvalue weighted by Crippen LogP contribution is 2.36. The van der Waals surface area contributed by atoms with Crippen LogP contribution in [0.3, 0.4) is 0 Å². The average Bonchev–Trinajstić information content (AvgIpc) is 2.94. The van der Waals surface area contributed by atoms with Crippen molar-refractivity contribution in [2.75, 3.05) is 19.4 Å². The van der Waals surface area contributed by atoms with Gasteiger partial charge in [-0.15, -0.1) is 0 Å². The number of benzene rings is 1. The Hall–Kier alpha value is -2.58. The Morgan fingerprint density at radius 3 is 2.67 bits per heavy atom. The predicted octanol–water partition coefficient (Wildman–Crippen LogP) is 4.32. The molecule has 5 nitrogen and oxygen atoms in total. The zero-order chi connectivity index (χ0) is 19.8. The van der Waals surface area contributed by atoms with Crippen LogP contribution in [0, 0.1) is 0 Å². The molecule has 0 spiro atoms. The number of fused-ring (bicyclic) bond motifs is 1. The number of nitrogens with zero attached hydrogens (tertiary/aromatic N) is 3. The number of pyridine rings is 1. The summed E-state index contributed by atoms with van der Waals surface area (Å²) in [7, 11) is 3.69. The number of nitrogens with one attached hydrogen (secondary N) is 1. The van der Waals surface area contributed by atoms with Crippen molar-refractivity contribution in [3.8, 4) is 0 Å². The second kappa shape index (κ2) is 7.21. The Bertz CT molecular complexity index is 998. The number of imidazole rings is 1. The maximum atomic E-state index is 13.0. The molecule has 1 N–H and O–H groups in total. The number of halogens is 4. The molecule has 0 atom stereocenters. The van der Waals surface area contributed by atoms with Gasteiger partial charge in [-0.25, -0.2) is 4.98 Å². The molecule has 27 heavy (non-hydrogen) atoms. The number of alkyl halides is 3. The predicted molar refractivity (Wildman–Crippen MR) is 97.0 cm³/mol. The summed E-state index contributed by atoms with van der Waals surface area (Å²) in [5.74, 6) is -0.592. The fraction of sp³-hybridized carbons (Fsp3) is 0.222. The van der Waals surface area contributed by atoms with Gasteiger partial charge in [0.25, 0.3) is 5.91 Å². The molecule has 0 fully saturated rings. The van der Waals surface area contributed by atoms with E-state index >= 15 is 0 Å². The summed E-state index contributed by atoms with van der Waals surface area (Å²) in [6.07, 6.45) is -2.83. The van der Waals surface area contributed by atoms with Crippen molar-refractivity contribution in [1.82, 2.24) is 14.3 Å². The zero-order valence-corrected chi connectivity index (χ0v) is 15.3. The van der Waals surface area contributed by atoms with Gasteiger partial charge in [-0.2, -0.15) is 13.2 Å². The SMILES string of the molecule is CN(C)Cc1c(C(=O)Nc2ccc(Cl)c(C(F)(F)F)c2)nc2ccccn12. The van der Waals surface area contributed by atoms with E-state index in [0.29, 0.717) is 17.9 Å². The number of carbonyl (C=O) groups excluding carboxylic acids is 1. The minimum Gasteiger partial charge on any atom is -0.321 e. The monoisotopic (exact) mass is 396 g/mol. The van der Waals surface area contributed by atoms with Crippen LogP contribution in [0.1, 0.15) is 21.7 Å². The van der Waals surface area contributed by atoms with E-state index in [-0.39, 0.29) is 11.4 Å². The number of carbonyl (C=O) groups is 1. The number of aromatic nitrogens is 2. The Labute approximate surface area is 158 Å². The number of anilines is 1. The Kier molecular flexibility index (Phi) is 5.12. The van der Waals surface area contributed by atoms with Crippen molar-refractivity contribution in [3.63, 3.8) is 0 Å². The molecule has 0 bridgehead atoms. The van der Waals surface area contributed by atoms with Gasteiger partial charge in [-0.05, 0) is 44.4 Å². The minimum atomic E-state index is -4.61. The first-order valence-electron chi connectivity index (χ1n) is 7.95. The highest BCUT2D eigenvalue weighted by atomic mass is 35.5. The lowest BCUT2D eigenvalue weighted by Crippen LogP contribution is -2.19. The van der Waals surface area contributed by atoms with E-state index in [1.165, 1.54) is 6.07 Å². The third-order valence-electron chi connectivity index (χ3n) is 3.84. The maximum absolute atomic E-state index is 13.0. The molecule has 2 heterocycles. The van der Waals surface area contributed by atoms with Crippen LogP contribution >= 0.6 is 11.6 Å². The summed E-state index contributed by atoms with van der Waals surface area (Å²) >= 11 is 5.62. The lowest BCUT2D eigenvalue weighted by molar-refractivity contribution is -0.137. The van der Waals surface area contributed by atoms with Crippen LogP contribution in [0.15, 0.2) is 42.6 Å². The summed E-state index contributed by atoms with van der Waals surface area (Å²) < 4.78 is 40.8. The fourth-order valence-corrected chi connectivity index (χ4v) is 2.91.